The minimum Gasteiger partial charge on any atom is -0.493 e. The Labute approximate surface area is 626 Å². The molecule has 0 fully saturated rings. The van der Waals surface area contributed by atoms with Crippen molar-refractivity contribution in [1.82, 2.24) is 10.6 Å². The van der Waals surface area contributed by atoms with Crippen LogP contribution in [0.4, 0.5) is 22.7 Å². The summed E-state index contributed by atoms with van der Waals surface area (Å²) in [5.41, 5.74) is 3.83. The zero-order valence-electron chi connectivity index (χ0n) is 59.4. The number of ether oxygens (including phenoxy) is 4. The lowest BCUT2D eigenvalue weighted by molar-refractivity contribution is -0.123. The number of methoxy groups -OCH3 is 1. The van der Waals surface area contributed by atoms with E-state index in [4.69, 9.17) is 98.8 Å². The Hall–Kier alpha value is -8.36. The van der Waals surface area contributed by atoms with Crippen molar-refractivity contribution in [3.63, 3.8) is 0 Å². The monoisotopic (exact) mass is 1500 g/mol. The van der Waals surface area contributed by atoms with Crippen LogP contribution in [0.3, 0.4) is 0 Å². The number of amidine groups is 2. The Morgan fingerprint density at radius 3 is 1.21 bits per heavy atom. The summed E-state index contributed by atoms with van der Waals surface area (Å²) in [6.07, 6.45) is 3.46. The second-order valence-electron chi connectivity index (χ2n) is 27.6. The van der Waals surface area contributed by atoms with Crippen molar-refractivity contribution in [2.75, 3.05) is 47.6 Å². The summed E-state index contributed by atoms with van der Waals surface area (Å²) in [6, 6.07) is 34.3. The summed E-state index contributed by atoms with van der Waals surface area (Å²) in [7, 11) is 1.40. The summed E-state index contributed by atoms with van der Waals surface area (Å²) in [5.74, 6) is -8.59. The van der Waals surface area contributed by atoms with Gasteiger partial charge in [-0.1, -0.05) is 195 Å². The fourth-order valence-electron chi connectivity index (χ4n) is 11.9. The molecule has 102 heavy (non-hydrogen) atoms. The standard InChI is InChI=1S/C78H84Cl6N8O10/c1-15-75(6,7)46-27-30-58(52(35-46)77(10,11)17-3)101-41-62(93)85-50-24-20-22-44(32-50)71(95)87-69-65(73(97)91(89-69)67-54(81)37-48(79)38-55(67)82)64(43-26-29-60(100-19-5)61(34-43)99-14)66-70(90-92(74(66)98)68-56(83)39-49(80)40-57(68)84)88-72(96)45-23-21-25-51(33-45)86-63(94)42-102-59-31-28-47(76(8,9)16-2)36-53(59)78(12,13)18-4/h20-40,64-66H,15-19,41-42H2,1-14H3,(H,85,93)(H,86,94)(H,87,89,95)(H,88,90,96). The first-order chi connectivity index (χ1) is 48.2. The number of hydrazone groups is 2. The van der Waals surface area contributed by atoms with Gasteiger partial charge in [-0.25, -0.2) is 0 Å². The van der Waals surface area contributed by atoms with E-state index < -0.39 is 53.2 Å². The first-order valence-corrected chi connectivity index (χ1v) is 35.9. The third-order valence-corrected chi connectivity index (χ3v) is 21.1. The van der Waals surface area contributed by atoms with Crippen LogP contribution in [0.25, 0.3) is 0 Å². The SMILES string of the molecule is CCOc1ccc(C(C2C(=O)N(c3c(Cl)cc(Cl)cc3Cl)N=C2NC(=O)c2cccc(NC(=O)COc3ccc(C(C)(C)CC)cc3C(C)(C)CC)c2)C2C(=O)N(c3c(Cl)cc(Cl)cc3Cl)N=C2NC(=O)c2cccc(NC(=O)COc3ccc(C(C)(C)CC)cc3C(C)(C)CC)c2)cc1OC. The minimum absolute atomic E-state index is 0.00827. The highest BCUT2D eigenvalue weighted by Gasteiger charge is 2.54. The van der Waals surface area contributed by atoms with Crippen LogP contribution in [0.1, 0.15) is 170 Å². The van der Waals surface area contributed by atoms with Crippen LogP contribution in [0.5, 0.6) is 23.0 Å². The van der Waals surface area contributed by atoms with Crippen molar-refractivity contribution < 1.29 is 47.7 Å². The zero-order chi connectivity index (χ0) is 74.5. The number of amides is 6. The third-order valence-electron chi connectivity index (χ3n) is 19.5. The van der Waals surface area contributed by atoms with Gasteiger partial charge >= 0.3 is 0 Å². The van der Waals surface area contributed by atoms with E-state index >= 15 is 19.2 Å². The molecule has 0 saturated carbocycles. The molecule has 24 heteroatoms. The number of nitrogens with zero attached hydrogens (tertiary/aromatic N) is 4. The van der Waals surface area contributed by atoms with Gasteiger partial charge in [-0.15, -0.1) is 0 Å². The molecule has 0 bridgehead atoms. The van der Waals surface area contributed by atoms with Crippen LogP contribution in [0.15, 0.2) is 138 Å². The molecule has 0 aromatic heterocycles. The highest BCUT2D eigenvalue weighted by atomic mass is 35.5. The van der Waals surface area contributed by atoms with Crippen LogP contribution in [0, 0.1) is 11.8 Å². The molecule has 0 radical (unpaired) electrons. The highest BCUT2D eigenvalue weighted by molar-refractivity contribution is 6.44. The maximum Gasteiger partial charge on any atom is 0.262 e. The van der Waals surface area contributed by atoms with Gasteiger partial charge in [0.05, 0.1) is 33.8 Å². The Balaban J connectivity index is 1.09. The van der Waals surface area contributed by atoms with E-state index in [1.54, 1.807) is 43.3 Å². The predicted octanol–water partition coefficient (Wildman–Crippen LogP) is 18.7. The second kappa shape index (κ2) is 32.1. The number of rotatable bonds is 26. The molecule has 2 unspecified atom stereocenters. The highest BCUT2D eigenvalue weighted by Crippen LogP contribution is 2.49. The Morgan fingerprint density at radius 1 is 0.461 bits per heavy atom. The van der Waals surface area contributed by atoms with Gasteiger partial charge in [0.25, 0.3) is 35.4 Å². The average molecular weight is 1510 g/mol. The molecule has 6 amide bonds. The topological polar surface area (TPSA) is 219 Å². The molecular formula is C78H84Cl6N8O10. The summed E-state index contributed by atoms with van der Waals surface area (Å²) in [6.45, 7) is 27.0. The summed E-state index contributed by atoms with van der Waals surface area (Å²) in [5, 5.41) is 22.4. The fourth-order valence-corrected chi connectivity index (χ4v) is 13.8. The molecule has 18 nitrogen and oxygen atoms in total. The number of carbonyl (C=O) groups excluding carboxylic acids is 6. The third kappa shape index (κ3) is 17.1. The maximum atomic E-state index is 16.0. The van der Waals surface area contributed by atoms with Crippen LogP contribution in [-0.4, -0.2) is 74.0 Å². The normalized spacial score (nSPS) is 15.2. The number of hydrogen-bond acceptors (Lipinski definition) is 12. The molecule has 2 heterocycles. The van der Waals surface area contributed by atoms with Crippen molar-refractivity contribution in [2.45, 2.75) is 143 Å². The Kier molecular flexibility index (Phi) is 24.5. The predicted molar refractivity (Wildman–Crippen MR) is 409 cm³/mol. The quantitative estimate of drug-likeness (QED) is 0.0402. The van der Waals surface area contributed by atoms with Gasteiger partial charge in [0.1, 0.15) is 46.4 Å². The van der Waals surface area contributed by atoms with Gasteiger partial charge < -0.3 is 40.2 Å². The van der Waals surface area contributed by atoms with Gasteiger partial charge in [0.2, 0.25) is 0 Å². The lowest BCUT2D eigenvalue weighted by Crippen LogP contribution is -2.47. The van der Waals surface area contributed by atoms with Crippen molar-refractivity contribution in [2.24, 2.45) is 22.0 Å². The molecule has 0 aliphatic carbocycles. The van der Waals surface area contributed by atoms with E-state index in [-0.39, 0.29) is 134 Å². The van der Waals surface area contributed by atoms with Crippen LogP contribution >= 0.6 is 69.6 Å². The zero-order valence-corrected chi connectivity index (χ0v) is 64.0. The molecule has 0 spiro atoms. The van der Waals surface area contributed by atoms with E-state index in [1.165, 1.54) is 61.7 Å². The van der Waals surface area contributed by atoms with Crippen molar-refractivity contribution in [3.05, 3.63) is 196 Å². The van der Waals surface area contributed by atoms with Crippen LogP contribution in [0.2, 0.25) is 30.1 Å². The van der Waals surface area contributed by atoms with E-state index in [0.29, 0.717) is 11.5 Å². The molecule has 0 saturated heterocycles. The number of carbonyl (C=O) groups is 6. The summed E-state index contributed by atoms with van der Waals surface area (Å²) >= 11 is 40.5. The molecule has 2 aliphatic rings. The Morgan fingerprint density at radius 2 is 0.843 bits per heavy atom. The van der Waals surface area contributed by atoms with Crippen molar-refractivity contribution >= 4 is 139 Å². The summed E-state index contributed by atoms with van der Waals surface area (Å²) < 4.78 is 24.3. The Bertz CT molecular complexity index is 4180. The first kappa shape index (κ1) is 77.8. The molecule has 538 valence electrons. The van der Waals surface area contributed by atoms with Gasteiger partial charge in [-0.05, 0) is 156 Å². The molecule has 9 rings (SSSR count). The van der Waals surface area contributed by atoms with Gasteiger partial charge in [0.15, 0.2) is 24.7 Å². The maximum absolute atomic E-state index is 16.0. The largest absolute Gasteiger partial charge is 0.493 e. The molecule has 7 aromatic rings. The van der Waals surface area contributed by atoms with Gasteiger partial charge in [0, 0.05) is 49.6 Å². The van der Waals surface area contributed by atoms with E-state index in [2.05, 4.69) is 116 Å². The van der Waals surface area contributed by atoms with Crippen molar-refractivity contribution in [3.8, 4) is 23.0 Å². The summed E-state index contributed by atoms with van der Waals surface area (Å²) in [4.78, 5) is 89.8. The number of nitrogens with one attached hydrogen (secondary N) is 4. The molecule has 2 atom stereocenters. The number of anilines is 4. The molecular weight excluding hydrogens is 1420 g/mol. The lowest BCUT2D eigenvalue weighted by atomic mass is 9.74. The number of halogens is 6. The number of benzene rings is 7. The minimum atomic E-state index is -1.73. The van der Waals surface area contributed by atoms with Crippen LogP contribution < -0.4 is 50.2 Å². The lowest BCUT2D eigenvalue weighted by Gasteiger charge is -2.30. The van der Waals surface area contributed by atoms with Gasteiger partial charge in [-0.3, -0.25) is 28.8 Å². The van der Waals surface area contributed by atoms with Crippen molar-refractivity contribution in [1.29, 1.82) is 0 Å². The van der Waals surface area contributed by atoms with E-state index in [0.717, 1.165) is 58.0 Å². The van der Waals surface area contributed by atoms with E-state index in [9.17, 15) is 9.59 Å². The van der Waals surface area contributed by atoms with E-state index in [1.807, 2.05) is 24.3 Å². The van der Waals surface area contributed by atoms with Crippen LogP contribution in [-0.2, 0) is 40.8 Å². The molecule has 2 aliphatic heterocycles. The molecule has 7 aromatic carbocycles. The van der Waals surface area contributed by atoms with Gasteiger partial charge in [-0.2, -0.15) is 20.2 Å². The molecule has 4 N–H and O–H groups in total. The first-order valence-electron chi connectivity index (χ1n) is 33.6. The second-order valence-corrected chi connectivity index (χ2v) is 30.1. The average Bonchev–Trinajstić information content (AvgIpc) is 1.57. The smallest absolute Gasteiger partial charge is 0.262 e. The fraction of sp³-hybridized carbons (Fsp3) is 0.359. The number of hydrogen-bond donors (Lipinski definition) is 4.